The van der Waals surface area contributed by atoms with Crippen LogP contribution in [0.25, 0.3) is 0 Å². The zero-order chi connectivity index (χ0) is 14.8. The molecule has 0 bridgehead atoms. The molecule has 2 aliphatic heterocycles. The van der Waals surface area contributed by atoms with Crippen molar-refractivity contribution < 1.29 is 9.53 Å². The Balaban J connectivity index is 1.61. The number of carbonyl (C=O) groups excluding carboxylic acids is 1. The molecule has 1 saturated carbocycles. The maximum atomic E-state index is 13.1. The van der Waals surface area contributed by atoms with Gasteiger partial charge < -0.3 is 15.0 Å². The van der Waals surface area contributed by atoms with Crippen LogP contribution in [-0.4, -0.2) is 50.7 Å². The number of likely N-dealkylation sites (tertiary alicyclic amines) is 1. The van der Waals surface area contributed by atoms with E-state index in [9.17, 15) is 4.79 Å². The van der Waals surface area contributed by atoms with Gasteiger partial charge in [-0.2, -0.15) is 0 Å². The number of piperidine rings is 1. The van der Waals surface area contributed by atoms with Crippen molar-refractivity contribution in [1.29, 1.82) is 0 Å². The molecule has 0 radical (unpaired) electrons. The monoisotopic (exact) mass is 294 g/mol. The first-order valence-corrected chi connectivity index (χ1v) is 8.69. The third-order valence-electron chi connectivity index (χ3n) is 6.24. The fourth-order valence-electron chi connectivity index (χ4n) is 4.66. The fraction of sp³-hybridized carbons (Fsp3) is 0.941. The van der Waals surface area contributed by atoms with E-state index in [-0.39, 0.29) is 5.41 Å². The second-order valence-electron chi connectivity index (χ2n) is 7.45. The van der Waals surface area contributed by atoms with Crippen LogP contribution in [-0.2, 0) is 9.53 Å². The Morgan fingerprint density at radius 2 is 1.86 bits per heavy atom. The van der Waals surface area contributed by atoms with Crippen LogP contribution in [0.1, 0.15) is 51.4 Å². The maximum absolute atomic E-state index is 13.1. The molecule has 120 valence electrons. The van der Waals surface area contributed by atoms with E-state index in [2.05, 4.69) is 10.2 Å². The second kappa shape index (κ2) is 6.25. The van der Waals surface area contributed by atoms with Crippen LogP contribution < -0.4 is 5.32 Å². The molecular weight excluding hydrogens is 264 g/mol. The van der Waals surface area contributed by atoms with Gasteiger partial charge in [0.1, 0.15) is 0 Å². The first-order valence-electron chi connectivity index (χ1n) is 8.69. The molecule has 1 aliphatic carbocycles. The molecule has 4 nitrogen and oxygen atoms in total. The number of nitrogens with zero attached hydrogens (tertiary/aromatic N) is 1. The lowest BCUT2D eigenvalue weighted by Gasteiger charge is -2.42. The smallest absolute Gasteiger partial charge is 0.228 e. The standard InChI is InChI=1S/C17H30N2O2/c1-21-13-9-17(4-2-3-5-17)15(20)19-11-7-16(8-12-19)6-10-18-14-16/h18H,2-14H2,1H3. The Morgan fingerprint density at radius 1 is 1.14 bits per heavy atom. The molecule has 0 atom stereocenters. The molecule has 3 aliphatic rings. The largest absolute Gasteiger partial charge is 0.385 e. The van der Waals surface area contributed by atoms with Crippen molar-refractivity contribution in [3.05, 3.63) is 0 Å². The van der Waals surface area contributed by atoms with Gasteiger partial charge >= 0.3 is 0 Å². The number of nitrogens with one attached hydrogen (secondary N) is 1. The van der Waals surface area contributed by atoms with Gasteiger partial charge in [0.25, 0.3) is 0 Å². The summed E-state index contributed by atoms with van der Waals surface area (Å²) in [6.45, 7) is 4.97. The van der Waals surface area contributed by atoms with E-state index in [0.717, 1.165) is 45.4 Å². The van der Waals surface area contributed by atoms with E-state index in [4.69, 9.17) is 4.74 Å². The summed E-state index contributed by atoms with van der Waals surface area (Å²) in [7, 11) is 1.74. The van der Waals surface area contributed by atoms with Gasteiger partial charge in [0.15, 0.2) is 0 Å². The Morgan fingerprint density at radius 3 is 2.43 bits per heavy atom. The van der Waals surface area contributed by atoms with Crippen LogP contribution in [0.4, 0.5) is 0 Å². The van der Waals surface area contributed by atoms with Crippen molar-refractivity contribution in [2.24, 2.45) is 10.8 Å². The first kappa shape index (κ1) is 15.3. The number of carbonyl (C=O) groups is 1. The van der Waals surface area contributed by atoms with E-state index >= 15 is 0 Å². The van der Waals surface area contributed by atoms with E-state index in [1.165, 1.54) is 32.1 Å². The molecule has 3 rings (SSSR count). The van der Waals surface area contributed by atoms with Crippen LogP contribution in [0.5, 0.6) is 0 Å². The zero-order valence-corrected chi connectivity index (χ0v) is 13.5. The highest BCUT2D eigenvalue weighted by Crippen LogP contribution is 2.44. The van der Waals surface area contributed by atoms with Crippen LogP contribution in [0.2, 0.25) is 0 Å². The second-order valence-corrected chi connectivity index (χ2v) is 7.45. The molecule has 0 aromatic heterocycles. The van der Waals surface area contributed by atoms with Crippen molar-refractivity contribution in [3.8, 4) is 0 Å². The highest BCUT2D eigenvalue weighted by atomic mass is 16.5. The van der Waals surface area contributed by atoms with E-state index < -0.39 is 0 Å². The molecule has 1 spiro atoms. The molecule has 21 heavy (non-hydrogen) atoms. The van der Waals surface area contributed by atoms with Crippen molar-refractivity contribution in [2.45, 2.75) is 51.4 Å². The number of rotatable bonds is 4. The highest BCUT2D eigenvalue weighted by Gasteiger charge is 2.45. The van der Waals surface area contributed by atoms with Crippen LogP contribution >= 0.6 is 0 Å². The molecule has 2 heterocycles. The van der Waals surface area contributed by atoms with Gasteiger partial charge in [-0.1, -0.05) is 12.8 Å². The van der Waals surface area contributed by atoms with Crippen LogP contribution in [0.15, 0.2) is 0 Å². The van der Waals surface area contributed by atoms with E-state index in [1.807, 2.05) is 0 Å². The minimum Gasteiger partial charge on any atom is -0.385 e. The lowest BCUT2D eigenvalue weighted by molar-refractivity contribution is -0.145. The summed E-state index contributed by atoms with van der Waals surface area (Å²) >= 11 is 0. The van der Waals surface area contributed by atoms with E-state index in [1.54, 1.807) is 7.11 Å². The number of hydrogen-bond donors (Lipinski definition) is 1. The third-order valence-corrected chi connectivity index (χ3v) is 6.24. The minimum atomic E-state index is -0.103. The summed E-state index contributed by atoms with van der Waals surface area (Å²) in [5, 5.41) is 3.50. The van der Waals surface area contributed by atoms with Crippen molar-refractivity contribution >= 4 is 5.91 Å². The SMILES string of the molecule is COCCC1(C(=O)N2CCC3(CCNC3)CC2)CCCC1. The summed E-state index contributed by atoms with van der Waals surface area (Å²) in [6, 6.07) is 0. The normalized spacial score (nSPS) is 27.4. The Labute approximate surface area is 128 Å². The Bertz CT molecular complexity index is 361. The first-order chi connectivity index (χ1) is 10.2. The van der Waals surface area contributed by atoms with Crippen molar-refractivity contribution in [1.82, 2.24) is 10.2 Å². The van der Waals surface area contributed by atoms with Crippen molar-refractivity contribution in [3.63, 3.8) is 0 Å². The van der Waals surface area contributed by atoms with Crippen molar-refractivity contribution in [2.75, 3.05) is 39.9 Å². The van der Waals surface area contributed by atoms with Crippen LogP contribution in [0.3, 0.4) is 0 Å². The maximum Gasteiger partial charge on any atom is 0.228 e. The van der Waals surface area contributed by atoms with Gasteiger partial charge in [-0.3, -0.25) is 4.79 Å². The minimum absolute atomic E-state index is 0.103. The Hall–Kier alpha value is -0.610. The Kier molecular flexibility index (Phi) is 4.55. The summed E-state index contributed by atoms with van der Waals surface area (Å²) < 4.78 is 5.26. The lowest BCUT2D eigenvalue weighted by atomic mass is 9.76. The molecule has 0 aromatic rings. The predicted octanol–water partition coefficient (Wildman–Crippen LogP) is 2.19. The average molecular weight is 294 g/mol. The molecule has 1 amide bonds. The van der Waals surface area contributed by atoms with Gasteiger partial charge in [0.05, 0.1) is 5.41 Å². The third kappa shape index (κ3) is 2.98. The van der Waals surface area contributed by atoms with Crippen LogP contribution in [0, 0.1) is 10.8 Å². The topological polar surface area (TPSA) is 41.6 Å². The molecular formula is C17H30N2O2. The quantitative estimate of drug-likeness (QED) is 0.864. The molecule has 0 aromatic carbocycles. The molecule has 0 unspecified atom stereocenters. The van der Waals surface area contributed by atoms with Gasteiger partial charge in [-0.05, 0) is 50.5 Å². The summed E-state index contributed by atoms with van der Waals surface area (Å²) in [6.07, 6.45) is 9.12. The average Bonchev–Trinajstić information content (AvgIpc) is 3.16. The van der Waals surface area contributed by atoms with Gasteiger partial charge in [-0.25, -0.2) is 0 Å². The summed E-state index contributed by atoms with van der Waals surface area (Å²) in [4.78, 5) is 15.3. The van der Waals surface area contributed by atoms with Gasteiger partial charge in [-0.15, -0.1) is 0 Å². The molecule has 1 N–H and O–H groups in total. The lowest BCUT2D eigenvalue weighted by Crippen LogP contribution is -2.49. The van der Waals surface area contributed by atoms with Gasteiger partial charge in [0, 0.05) is 33.4 Å². The zero-order valence-electron chi connectivity index (χ0n) is 13.5. The number of amides is 1. The predicted molar refractivity (Wildman–Crippen MR) is 83.1 cm³/mol. The van der Waals surface area contributed by atoms with Gasteiger partial charge in [0.2, 0.25) is 5.91 Å². The highest BCUT2D eigenvalue weighted by molar-refractivity contribution is 5.83. The van der Waals surface area contributed by atoms with E-state index in [0.29, 0.717) is 17.9 Å². The summed E-state index contributed by atoms with van der Waals surface area (Å²) in [5.74, 6) is 0.429. The molecule has 3 fully saturated rings. The number of hydrogen-bond acceptors (Lipinski definition) is 3. The molecule has 4 heteroatoms. The molecule has 2 saturated heterocycles. The number of ether oxygens (including phenoxy) is 1. The summed E-state index contributed by atoms with van der Waals surface area (Å²) in [5.41, 5.74) is 0.389. The number of methoxy groups -OCH3 is 1. The fourth-order valence-corrected chi connectivity index (χ4v) is 4.66.